The lowest BCUT2D eigenvalue weighted by atomic mass is 9.77. The predicted octanol–water partition coefficient (Wildman–Crippen LogP) is 3.79. The summed E-state index contributed by atoms with van der Waals surface area (Å²) in [4.78, 5) is 2.43. The normalized spacial score (nSPS) is 20.4. The maximum atomic E-state index is 6.08. The van der Waals surface area contributed by atoms with Crippen molar-refractivity contribution >= 4 is 22.6 Å². The number of hydrogen-bond acceptors (Lipinski definition) is 3. The first-order valence-corrected chi connectivity index (χ1v) is 9.34. The van der Waals surface area contributed by atoms with E-state index in [2.05, 4.69) is 52.1 Å². The van der Waals surface area contributed by atoms with Crippen molar-refractivity contribution in [2.75, 3.05) is 31.7 Å². The van der Waals surface area contributed by atoms with Gasteiger partial charge in [-0.25, -0.2) is 0 Å². The van der Waals surface area contributed by atoms with E-state index in [0.717, 1.165) is 48.3 Å². The Morgan fingerprint density at radius 1 is 1.39 bits per heavy atom. The van der Waals surface area contributed by atoms with Crippen LogP contribution in [0.3, 0.4) is 0 Å². The van der Waals surface area contributed by atoms with Crippen molar-refractivity contribution in [3.8, 4) is 23.8 Å². The smallest absolute Gasteiger partial charge is 0.161 e. The van der Waals surface area contributed by atoms with E-state index in [1.807, 2.05) is 6.08 Å². The summed E-state index contributed by atoms with van der Waals surface area (Å²) in [7, 11) is 3.33. The summed E-state index contributed by atoms with van der Waals surface area (Å²) < 4.78 is 12.0. The predicted molar refractivity (Wildman–Crippen MR) is 104 cm³/mol. The van der Waals surface area contributed by atoms with Crippen LogP contribution in [0.1, 0.15) is 24.0 Å². The summed E-state index contributed by atoms with van der Waals surface area (Å²) in [6, 6.07) is 4.14. The second-order valence-electron chi connectivity index (χ2n) is 5.62. The number of fused-ring (bicyclic) bond motifs is 1. The topological polar surface area (TPSA) is 21.7 Å². The molecular formula is C19H24INO2. The molecule has 0 aromatic heterocycles. The largest absolute Gasteiger partial charge is 0.493 e. The molecule has 0 fully saturated rings. The maximum absolute atomic E-state index is 6.08. The van der Waals surface area contributed by atoms with Gasteiger partial charge in [-0.15, -0.1) is 13.0 Å². The fraction of sp³-hybridized carbons (Fsp3) is 0.474. The lowest BCUT2D eigenvalue weighted by molar-refractivity contribution is 0.126. The average molecular weight is 425 g/mol. The number of methoxy groups -OCH3 is 2. The first-order chi connectivity index (χ1) is 11.2. The molecule has 0 saturated heterocycles. The van der Waals surface area contributed by atoms with Crippen molar-refractivity contribution in [2.45, 2.75) is 24.8 Å². The Kier molecular flexibility index (Phi) is 6.37. The SMILES string of the molecule is C#CC1(CCC=C)c2cc(OC)c(OC)cc2CCN1CCI. The van der Waals surface area contributed by atoms with Gasteiger partial charge in [0.2, 0.25) is 0 Å². The molecule has 1 atom stereocenters. The van der Waals surface area contributed by atoms with Crippen molar-refractivity contribution in [1.82, 2.24) is 4.90 Å². The number of halogens is 1. The zero-order valence-corrected chi connectivity index (χ0v) is 16.1. The molecule has 3 nitrogen and oxygen atoms in total. The fourth-order valence-corrected chi connectivity index (χ4v) is 3.96. The van der Waals surface area contributed by atoms with E-state index in [9.17, 15) is 0 Å². The summed E-state index contributed by atoms with van der Waals surface area (Å²) in [6.07, 6.45) is 10.7. The standard InChI is InChI=1S/C19H24INO2/c1-5-7-9-19(6-2)16-14-18(23-4)17(22-3)13-15(16)8-11-21(19)12-10-20/h2,5,13-14H,1,7-12H2,3-4H3. The highest BCUT2D eigenvalue weighted by atomic mass is 127. The molecule has 0 aliphatic carbocycles. The van der Waals surface area contributed by atoms with Crippen molar-refractivity contribution in [3.63, 3.8) is 0 Å². The number of allylic oxidation sites excluding steroid dienone is 1. The van der Waals surface area contributed by atoms with Gasteiger partial charge in [-0.3, -0.25) is 4.90 Å². The van der Waals surface area contributed by atoms with E-state index < -0.39 is 5.54 Å². The summed E-state index contributed by atoms with van der Waals surface area (Å²) in [6.45, 7) is 5.81. The molecule has 0 bridgehead atoms. The molecule has 0 spiro atoms. The number of rotatable bonds is 7. The van der Waals surface area contributed by atoms with E-state index in [0.29, 0.717) is 0 Å². The third kappa shape index (κ3) is 3.36. The van der Waals surface area contributed by atoms with E-state index in [-0.39, 0.29) is 0 Å². The Morgan fingerprint density at radius 3 is 2.65 bits per heavy atom. The highest BCUT2D eigenvalue weighted by Crippen LogP contribution is 2.43. The highest BCUT2D eigenvalue weighted by molar-refractivity contribution is 14.1. The fourth-order valence-electron chi connectivity index (χ4n) is 3.38. The average Bonchev–Trinajstić information content (AvgIpc) is 2.59. The first-order valence-electron chi connectivity index (χ1n) is 7.82. The lowest BCUT2D eigenvalue weighted by Gasteiger charge is -2.45. The number of ether oxygens (including phenoxy) is 2. The summed E-state index contributed by atoms with van der Waals surface area (Å²) >= 11 is 2.41. The van der Waals surface area contributed by atoms with Crippen molar-refractivity contribution in [3.05, 3.63) is 35.9 Å². The van der Waals surface area contributed by atoms with E-state index in [4.69, 9.17) is 15.9 Å². The summed E-state index contributed by atoms with van der Waals surface area (Å²) in [5.41, 5.74) is 2.04. The second kappa shape index (κ2) is 8.07. The molecule has 0 radical (unpaired) electrons. The highest BCUT2D eigenvalue weighted by Gasteiger charge is 2.41. The number of hydrogen-bond donors (Lipinski definition) is 0. The van der Waals surface area contributed by atoms with E-state index in [1.54, 1.807) is 14.2 Å². The van der Waals surface area contributed by atoms with Crippen LogP contribution in [-0.4, -0.2) is 36.6 Å². The maximum Gasteiger partial charge on any atom is 0.161 e. The molecule has 1 aliphatic rings. The molecule has 1 aromatic carbocycles. The van der Waals surface area contributed by atoms with Crippen LogP contribution in [0.15, 0.2) is 24.8 Å². The second-order valence-corrected chi connectivity index (χ2v) is 6.70. The molecule has 4 heteroatoms. The van der Waals surface area contributed by atoms with Crippen molar-refractivity contribution < 1.29 is 9.47 Å². The van der Waals surface area contributed by atoms with Crippen LogP contribution in [0, 0.1) is 12.3 Å². The van der Waals surface area contributed by atoms with Gasteiger partial charge in [0.05, 0.1) is 14.2 Å². The minimum absolute atomic E-state index is 0.396. The third-order valence-corrected chi connectivity index (χ3v) is 5.03. The molecule has 1 unspecified atom stereocenters. The number of terminal acetylenes is 1. The van der Waals surface area contributed by atoms with Gasteiger partial charge in [0.25, 0.3) is 0 Å². The minimum Gasteiger partial charge on any atom is -0.493 e. The van der Waals surface area contributed by atoms with Gasteiger partial charge in [0, 0.05) is 17.5 Å². The Labute approximate surface area is 153 Å². The van der Waals surface area contributed by atoms with E-state index in [1.165, 1.54) is 11.1 Å². The molecule has 1 aromatic rings. The molecule has 0 saturated carbocycles. The third-order valence-electron chi connectivity index (χ3n) is 4.55. The Balaban J connectivity index is 2.60. The van der Waals surface area contributed by atoms with Gasteiger partial charge in [-0.1, -0.05) is 34.6 Å². The lowest BCUT2D eigenvalue weighted by Crippen LogP contribution is -2.50. The number of nitrogens with zero attached hydrogens (tertiary/aromatic N) is 1. The van der Waals surface area contributed by atoms with Gasteiger partial charge in [0.15, 0.2) is 11.5 Å². The number of alkyl halides is 1. The van der Waals surface area contributed by atoms with Crippen LogP contribution in [0.2, 0.25) is 0 Å². The molecule has 1 heterocycles. The minimum atomic E-state index is -0.396. The van der Waals surface area contributed by atoms with Crippen molar-refractivity contribution in [2.24, 2.45) is 0 Å². The molecule has 0 amide bonds. The monoisotopic (exact) mass is 425 g/mol. The van der Waals surface area contributed by atoms with Gasteiger partial charge in [-0.2, -0.15) is 0 Å². The molecule has 2 rings (SSSR count). The summed E-state index contributed by atoms with van der Waals surface area (Å²) in [5, 5.41) is 0. The van der Waals surface area contributed by atoms with Gasteiger partial charge in [-0.05, 0) is 42.5 Å². The van der Waals surface area contributed by atoms with Crippen LogP contribution in [0.4, 0.5) is 0 Å². The molecule has 124 valence electrons. The van der Waals surface area contributed by atoms with Crippen LogP contribution in [-0.2, 0) is 12.0 Å². The van der Waals surface area contributed by atoms with Crippen LogP contribution in [0.25, 0.3) is 0 Å². The van der Waals surface area contributed by atoms with Crippen LogP contribution in [0.5, 0.6) is 11.5 Å². The Bertz CT molecular complexity index is 608. The van der Waals surface area contributed by atoms with Crippen molar-refractivity contribution in [1.29, 1.82) is 0 Å². The number of benzene rings is 1. The Hall–Kier alpha value is -1.19. The zero-order chi connectivity index (χ0) is 16.9. The first kappa shape index (κ1) is 18.2. The quantitative estimate of drug-likeness (QED) is 0.287. The van der Waals surface area contributed by atoms with Gasteiger partial charge >= 0.3 is 0 Å². The van der Waals surface area contributed by atoms with Crippen LogP contribution >= 0.6 is 22.6 Å². The Morgan fingerprint density at radius 2 is 2.09 bits per heavy atom. The molecule has 0 N–H and O–H groups in total. The molecule has 1 aliphatic heterocycles. The summed E-state index contributed by atoms with van der Waals surface area (Å²) in [5.74, 6) is 4.61. The van der Waals surface area contributed by atoms with Gasteiger partial charge < -0.3 is 9.47 Å². The zero-order valence-electron chi connectivity index (χ0n) is 13.9. The van der Waals surface area contributed by atoms with Crippen LogP contribution < -0.4 is 9.47 Å². The molecule has 23 heavy (non-hydrogen) atoms. The van der Waals surface area contributed by atoms with E-state index >= 15 is 0 Å². The van der Waals surface area contributed by atoms with Gasteiger partial charge in [0.1, 0.15) is 5.54 Å². The molecular weight excluding hydrogens is 401 g/mol.